The van der Waals surface area contributed by atoms with Crippen molar-refractivity contribution in [3.63, 3.8) is 0 Å². The molecule has 1 fully saturated rings. The number of para-hydroxylation sites is 1. The van der Waals surface area contributed by atoms with E-state index >= 15 is 0 Å². The second-order valence-corrected chi connectivity index (χ2v) is 6.68. The Morgan fingerprint density at radius 3 is 2.37 bits per heavy atom. The molecule has 0 unspecified atom stereocenters. The van der Waals surface area contributed by atoms with Gasteiger partial charge in [-0.05, 0) is 44.0 Å². The van der Waals surface area contributed by atoms with Crippen LogP contribution in [0.15, 0.2) is 48.5 Å². The molecule has 0 aromatic heterocycles. The number of nitro groups is 1. The molecule has 2 aromatic carbocycles. The van der Waals surface area contributed by atoms with Crippen molar-refractivity contribution in [3.8, 4) is 0 Å². The largest absolute Gasteiger partial charge is 0.339 e. The van der Waals surface area contributed by atoms with E-state index in [2.05, 4.69) is 5.32 Å². The van der Waals surface area contributed by atoms with E-state index in [1.54, 1.807) is 17.9 Å². The topological polar surface area (TPSA) is 92.6 Å². The van der Waals surface area contributed by atoms with Crippen LogP contribution in [0, 0.1) is 23.0 Å². The highest BCUT2D eigenvalue weighted by molar-refractivity contribution is 5.95. The Kier molecular flexibility index (Phi) is 5.49. The standard InChI is InChI=1S/C20H21N3O4/c1-14-13-16(7-8-18(14)23(26)27)20(25)22-11-9-15(10-12-22)19(24)21-17-5-3-2-4-6-17/h2-8,13,15H,9-12H2,1H3,(H,21,24). The number of nitrogens with one attached hydrogen (secondary N) is 1. The fourth-order valence-electron chi connectivity index (χ4n) is 3.29. The molecule has 0 saturated carbocycles. The third-order valence-electron chi connectivity index (χ3n) is 4.83. The Bertz CT molecular complexity index is 859. The molecule has 0 bridgehead atoms. The smallest absolute Gasteiger partial charge is 0.272 e. The van der Waals surface area contributed by atoms with Crippen molar-refractivity contribution in [1.29, 1.82) is 0 Å². The van der Waals surface area contributed by atoms with Crippen LogP contribution in [-0.2, 0) is 4.79 Å². The summed E-state index contributed by atoms with van der Waals surface area (Å²) in [5, 5.41) is 13.8. The number of hydrogen-bond acceptors (Lipinski definition) is 4. The molecule has 0 aliphatic carbocycles. The molecule has 3 rings (SSSR count). The number of anilines is 1. The molecule has 2 amide bonds. The van der Waals surface area contributed by atoms with E-state index in [0.717, 1.165) is 5.69 Å². The summed E-state index contributed by atoms with van der Waals surface area (Å²) in [5.41, 5.74) is 1.67. The molecular weight excluding hydrogens is 346 g/mol. The molecule has 7 heteroatoms. The van der Waals surface area contributed by atoms with Crippen molar-refractivity contribution >= 4 is 23.2 Å². The van der Waals surface area contributed by atoms with Crippen molar-refractivity contribution < 1.29 is 14.5 Å². The van der Waals surface area contributed by atoms with Crippen LogP contribution in [-0.4, -0.2) is 34.7 Å². The van der Waals surface area contributed by atoms with Crippen LogP contribution >= 0.6 is 0 Å². The summed E-state index contributed by atoms with van der Waals surface area (Å²) in [6, 6.07) is 13.7. The number of benzene rings is 2. The maximum Gasteiger partial charge on any atom is 0.272 e. The lowest BCUT2D eigenvalue weighted by Gasteiger charge is -2.31. The van der Waals surface area contributed by atoms with Gasteiger partial charge in [0.2, 0.25) is 5.91 Å². The molecular formula is C20H21N3O4. The van der Waals surface area contributed by atoms with E-state index in [1.165, 1.54) is 12.1 Å². The molecule has 140 valence electrons. The first-order valence-corrected chi connectivity index (χ1v) is 8.86. The number of nitrogens with zero attached hydrogens (tertiary/aromatic N) is 2. The van der Waals surface area contributed by atoms with E-state index in [4.69, 9.17) is 0 Å². The molecule has 1 saturated heterocycles. The van der Waals surface area contributed by atoms with Crippen molar-refractivity contribution in [2.24, 2.45) is 5.92 Å². The summed E-state index contributed by atoms with van der Waals surface area (Å²) in [6.45, 7) is 2.60. The highest BCUT2D eigenvalue weighted by Crippen LogP contribution is 2.23. The average Bonchev–Trinajstić information content (AvgIpc) is 2.68. The lowest BCUT2D eigenvalue weighted by molar-refractivity contribution is -0.385. The first kappa shape index (κ1) is 18.6. The Morgan fingerprint density at radius 1 is 1.11 bits per heavy atom. The predicted octanol–water partition coefficient (Wildman–Crippen LogP) is 3.39. The second kappa shape index (κ2) is 7.99. The number of carbonyl (C=O) groups is 2. The third kappa shape index (κ3) is 4.31. The molecule has 2 aromatic rings. The fraction of sp³-hybridized carbons (Fsp3) is 0.300. The van der Waals surface area contributed by atoms with Gasteiger partial charge in [0.1, 0.15) is 0 Å². The Balaban J connectivity index is 1.58. The Hall–Kier alpha value is -3.22. The number of nitro benzene ring substituents is 1. The van der Waals surface area contributed by atoms with Crippen molar-refractivity contribution in [2.45, 2.75) is 19.8 Å². The molecule has 0 atom stereocenters. The van der Waals surface area contributed by atoms with Gasteiger partial charge in [-0.25, -0.2) is 0 Å². The number of carbonyl (C=O) groups excluding carboxylic acids is 2. The Morgan fingerprint density at radius 2 is 1.78 bits per heavy atom. The highest BCUT2D eigenvalue weighted by atomic mass is 16.6. The highest BCUT2D eigenvalue weighted by Gasteiger charge is 2.28. The van der Waals surface area contributed by atoms with E-state index in [0.29, 0.717) is 37.1 Å². The summed E-state index contributed by atoms with van der Waals surface area (Å²) in [6.07, 6.45) is 1.19. The van der Waals surface area contributed by atoms with E-state index in [-0.39, 0.29) is 23.4 Å². The van der Waals surface area contributed by atoms with Crippen molar-refractivity contribution in [3.05, 3.63) is 69.8 Å². The van der Waals surface area contributed by atoms with Crippen LogP contribution in [0.5, 0.6) is 0 Å². The number of amides is 2. The number of piperidine rings is 1. The second-order valence-electron chi connectivity index (χ2n) is 6.68. The van der Waals surface area contributed by atoms with Crippen molar-refractivity contribution in [2.75, 3.05) is 18.4 Å². The Labute approximate surface area is 157 Å². The van der Waals surface area contributed by atoms with Gasteiger partial charge < -0.3 is 10.2 Å². The normalized spacial score (nSPS) is 14.6. The first-order valence-electron chi connectivity index (χ1n) is 8.86. The molecule has 0 radical (unpaired) electrons. The summed E-state index contributed by atoms with van der Waals surface area (Å²) in [4.78, 5) is 37.2. The molecule has 1 heterocycles. The van der Waals surface area contributed by atoms with Crippen LogP contribution in [0.3, 0.4) is 0 Å². The quantitative estimate of drug-likeness (QED) is 0.662. The van der Waals surface area contributed by atoms with Crippen LogP contribution in [0.4, 0.5) is 11.4 Å². The van der Waals surface area contributed by atoms with Crippen LogP contribution in [0.1, 0.15) is 28.8 Å². The van der Waals surface area contributed by atoms with Gasteiger partial charge in [-0.1, -0.05) is 18.2 Å². The zero-order valence-corrected chi connectivity index (χ0v) is 15.1. The van der Waals surface area contributed by atoms with E-state index in [1.807, 2.05) is 30.3 Å². The van der Waals surface area contributed by atoms with E-state index < -0.39 is 4.92 Å². The van der Waals surface area contributed by atoms with Gasteiger partial charge >= 0.3 is 0 Å². The lowest BCUT2D eigenvalue weighted by atomic mass is 9.95. The van der Waals surface area contributed by atoms with Gasteiger partial charge in [0.05, 0.1) is 4.92 Å². The van der Waals surface area contributed by atoms with Crippen LogP contribution < -0.4 is 5.32 Å². The summed E-state index contributed by atoms with van der Waals surface area (Å²) in [5.74, 6) is -0.317. The van der Waals surface area contributed by atoms with Gasteiger partial charge in [0.25, 0.3) is 11.6 Å². The minimum atomic E-state index is -0.458. The molecule has 27 heavy (non-hydrogen) atoms. The first-order chi connectivity index (χ1) is 13.0. The summed E-state index contributed by atoms with van der Waals surface area (Å²) >= 11 is 0. The maximum atomic E-state index is 12.7. The average molecular weight is 367 g/mol. The number of aryl methyl sites for hydroxylation is 1. The number of likely N-dealkylation sites (tertiary alicyclic amines) is 1. The third-order valence-corrected chi connectivity index (χ3v) is 4.83. The van der Waals surface area contributed by atoms with E-state index in [9.17, 15) is 19.7 Å². The minimum absolute atomic E-state index is 0.00263. The lowest BCUT2D eigenvalue weighted by Crippen LogP contribution is -2.41. The molecule has 7 nitrogen and oxygen atoms in total. The monoisotopic (exact) mass is 367 g/mol. The van der Waals surface area contributed by atoms with Gasteiger partial charge in [-0.2, -0.15) is 0 Å². The maximum absolute atomic E-state index is 12.7. The molecule has 1 aliphatic heterocycles. The summed E-state index contributed by atoms with van der Waals surface area (Å²) in [7, 11) is 0. The molecule has 1 N–H and O–H groups in total. The van der Waals surface area contributed by atoms with Gasteiger partial charge in [0.15, 0.2) is 0 Å². The fourth-order valence-corrected chi connectivity index (χ4v) is 3.29. The zero-order chi connectivity index (χ0) is 19.4. The van der Waals surface area contributed by atoms with Crippen molar-refractivity contribution in [1.82, 2.24) is 4.90 Å². The van der Waals surface area contributed by atoms with Crippen LogP contribution in [0.25, 0.3) is 0 Å². The summed E-state index contributed by atoms with van der Waals surface area (Å²) < 4.78 is 0. The molecule has 1 aliphatic rings. The minimum Gasteiger partial charge on any atom is -0.339 e. The molecule has 0 spiro atoms. The number of hydrogen-bond donors (Lipinski definition) is 1. The van der Waals surface area contributed by atoms with Gasteiger partial charge in [-0.3, -0.25) is 19.7 Å². The van der Waals surface area contributed by atoms with Gasteiger partial charge in [-0.15, -0.1) is 0 Å². The number of rotatable bonds is 4. The SMILES string of the molecule is Cc1cc(C(=O)N2CCC(C(=O)Nc3ccccc3)CC2)ccc1[N+](=O)[O-]. The van der Waals surface area contributed by atoms with Gasteiger partial charge in [0, 0.05) is 41.9 Å². The predicted molar refractivity (Wildman–Crippen MR) is 102 cm³/mol. The zero-order valence-electron chi connectivity index (χ0n) is 15.1. The van der Waals surface area contributed by atoms with Crippen LogP contribution in [0.2, 0.25) is 0 Å².